The molecule has 0 aromatic heterocycles. The van der Waals surface area contributed by atoms with Crippen molar-refractivity contribution in [3.05, 3.63) is 30.3 Å². The lowest BCUT2D eigenvalue weighted by molar-refractivity contribution is -0.132. The predicted octanol–water partition coefficient (Wildman–Crippen LogP) is 3.84. The molecule has 1 aliphatic heterocycles. The average Bonchev–Trinajstić information content (AvgIpc) is 2.51. The number of hydrogen-bond donors (Lipinski definition) is 1. The Morgan fingerprint density at radius 3 is 2.45 bits per heavy atom. The van der Waals surface area contributed by atoms with Crippen molar-refractivity contribution in [1.82, 2.24) is 0 Å². The first kappa shape index (κ1) is 14.6. The van der Waals surface area contributed by atoms with Crippen LogP contribution in [0.3, 0.4) is 0 Å². The van der Waals surface area contributed by atoms with Gasteiger partial charge in [-0.15, -0.1) is 0 Å². The van der Waals surface area contributed by atoms with E-state index in [1.165, 1.54) is 6.92 Å². The summed E-state index contributed by atoms with van der Waals surface area (Å²) in [6, 6.07) is 9.47. The van der Waals surface area contributed by atoms with Gasteiger partial charge in [-0.3, -0.25) is 4.79 Å². The third kappa shape index (κ3) is 2.69. The van der Waals surface area contributed by atoms with E-state index in [2.05, 4.69) is 5.32 Å². The molecule has 0 saturated carbocycles. The third-order valence-electron chi connectivity index (χ3n) is 3.20. The molecule has 0 unspecified atom stereocenters. The highest BCUT2D eigenvalue weighted by Crippen LogP contribution is 2.48. The Kier molecular flexibility index (Phi) is 3.85. The Morgan fingerprint density at radius 1 is 1.00 bits per heavy atom. The molecule has 1 heterocycles. The molecule has 3 rings (SSSR count). The van der Waals surface area contributed by atoms with Crippen LogP contribution in [0.1, 0.15) is 6.92 Å². The summed E-state index contributed by atoms with van der Waals surface area (Å²) in [7, 11) is 3.18. The van der Waals surface area contributed by atoms with Crippen molar-refractivity contribution >= 4 is 29.1 Å². The molecule has 114 valence electrons. The van der Waals surface area contributed by atoms with Crippen LogP contribution in [0.25, 0.3) is 0 Å². The predicted molar refractivity (Wildman–Crippen MR) is 84.7 cm³/mol. The van der Waals surface area contributed by atoms with E-state index in [1.54, 1.807) is 32.0 Å². The van der Waals surface area contributed by atoms with Crippen LogP contribution in [0.15, 0.2) is 40.1 Å². The quantitative estimate of drug-likeness (QED) is 0.585. The molecule has 0 atom stereocenters. The van der Waals surface area contributed by atoms with E-state index in [-0.39, 0.29) is 5.97 Å². The van der Waals surface area contributed by atoms with E-state index in [0.29, 0.717) is 11.5 Å². The Bertz CT molecular complexity index is 745. The Hall–Kier alpha value is -2.34. The number of ether oxygens (including phenoxy) is 3. The number of rotatable bonds is 3. The number of methoxy groups -OCH3 is 2. The summed E-state index contributed by atoms with van der Waals surface area (Å²) in [5.41, 5.74) is 1.91. The molecule has 0 bridgehead atoms. The van der Waals surface area contributed by atoms with Gasteiger partial charge in [0.05, 0.1) is 25.6 Å². The van der Waals surface area contributed by atoms with Crippen LogP contribution in [0.4, 0.5) is 11.4 Å². The number of anilines is 2. The molecule has 1 aliphatic rings. The summed E-state index contributed by atoms with van der Waals surface area (Å²) in [6.45, 7) is 1.37. The molecule has 0 amide bonds. The van der Waals surface area contributed by atoms with E-state index in [4.69, 9.17) is 14.2 Å². The molecule has 0 spiro atoms. The van der Waals surface area contributed by atoms with Crippen molar-refractivity contribution in [2.45, 2.75) is 16.7 Å². The minimum absolute atomic E-state index is 0.380. The Morgan fingerprint density at radius 2 is 1.77 bits per heavy atom. The lowest BCUT2D eigenvalue weighted by Gasteiger charge is -2.22. The van der Waals surface area contributed by atoms with Crippen molar-refractivity contribution in [2.24, 2.45) is 0 Å². The van der Waals surface area contributed by atoms with Crippen molar-refractivity contribution < 1.29 is 19.0 Å². The molecule has 0 aliphatic carbocycles. The van der Waals surface area contributed by atoms with Crippen LogP contribution in [0, 0.1) is 0 Å². The summed E-state index contributed by atoms with van der Waals surface area (Å²) in [5, 5.41) is 3.35. The summed E-state index contributed by atoms with van der Waals surface area (Å²) in [5.74, 6) is 1.34. The minimum atomic E-state index is -0.380. The zero-order chi connectivity index (χ0) is 15.7. The topological polar surface area (TPSA) is 56.8 Å². The number of nitrogens with one attached hydrogen (secondary N) is 1. The van der Waals surface area contributed by atoms with Gasteiger partial charge >= 0.3 is 5.97 Å². The number of carbonyl (C=O) groups is 1. The van der Waals surface area contributed by atoms with Gasteiger partial charge in [-0.2, -0.15) is 0 Å². The van der Waals surface area contributed by atoms with Crippen LogP contribution in [0.2, 0.25) is 0 Å². The molecule has 22 heavy (non-hydrogen) atoms. The van der Waals surface area contributed by atoms with Crippen molar-refractivity contribution in [1.29, 1.82) is 0 Å². The minimum Gasteiger partial charge on any atom is -0.497 e. The first-order chi connectivity index (χ1) is 10.6. The number of carbonyl (C=O) groups excluding carboxylic acids is 1. The zero-order valence-electron chi connectivity index (χ0n) is 12.4. The fourth-order valence-corrected chi connectivity index (χ4v) is 3.23. The van der Waals surface area contributed by atoms with Crippen molar-refractivity contribution in [3.8, 4) is 17.2 Å². The van der Waals surface area contributed by atoms with Gasteiger partial charge in [0.1, 0.15) is 5.75 Å². The van der Waals surface area contributed by atoms with E-state index in [9.17, 15) is 4.79 Å². The maximum Gasteiger partial charge on any atom is 0.308 e. The van der Waals surface area contributed by atoms with Crippen LogP contribution in [0.5, 0.6) is 17.2 Å². The molecule has 0 radical (unpaired) electrons. The lowest BCUT2D eigenvalue weighted by Crippen LogP contribution is -2.05. The zero-order valence-corrected chi connectivity index (χ0v) is 13.2. The molecule has 0 fully saturated rings. The Labute approximate surface area is 132 Å². The first-order valence-electron chi connectivity index (χ1n) is 6.64. The summed E-state index contributed by atoms with van der Waals surface area (Å²) in [4.78, 5) is 13.2. The average molecular weight is 317 g/mol. The molecule has 2 aromatic carbocycles. The second-order valence-electron chi connectivity index (χ2n) is 4.68. The van der Waals surface area contributed by atoms with Crippen molar-refractivity contribution in [3.63, 3.8) is 0 Å². The molecular weight excluding hydrogens is 302 g/mol. The second kappa shape index (κ2) is 5.81. The van der Waals surface area contributed by atoms with Crippen LogP contribution >= 0.6 is 11.8 Å². The fraction of sp³-hybridized carbons (Fsp3) is 0.188. The van der Waals surface area contributed by atoms with Gasteiger partial charge in [0, 0.05) is 28.8 Å². The van der Waals surface area contributed by atoms with Gasteiger partial charge in [0.2, 0.25) is 0 Å². The van der Waals surface area contributed by atoms with Crippen molar-refractivity contribution in [2.75, 3.05) is 19.5 Å². The maximum absolute atomic E-state index is 11.2. The lowest BCUT2D eigenvalue weighted by atomic mass is 10.2. The maximum atomic E-state index is 11.2. The number of benzene rings is 2. The van der Waals surface area contributed by atoms with Gasteiger partial charge in [0.15, 0.2) is 11.5 Å². The van der Waals surface area contributed by atoms with Crippen LogP contribution < -0.4 is 19.5 Å². The summed E-state index contributed by atoms with van der Waals surface area (Å²) < 4.78 is 15.7. The SMILES string of the molecule is COc1ccc2c(c1)Sc1cc(OC(C)=O)c(OC)cc1N2. The highest BCUT2D eigenvalue weighted by molar-refractivity contribution is 7.99. The largest absolute Gasteiger partial charge is 0.497 e. The smallest absolute Gasteiger partial charge is 0.308 e. The van der Waals surface area contributed by atoms with Gasteiger partial charge in [0.25, 0.3) is 0 Å². The molecule has 1 N–H and O–H groups in total. The summed E-state index contributed by atoms with van der Waals surface area (Å²) >= 11 is 1.58. The van der Waals surface area contributed by atoms with Crippen LogP contribution in [-0.2, 0) is 4.79 Å². The van der Waals surface area contributed by atoms with Crippen LogP contribution in [-0.4, -0.2) is 20.2 Å². The van der Waals surface area contributed by atoms with E-state index in [0.717, 1.165) is 26.9 Å². The van der Waals surface area contributed by atoms with E-state index in [1.807, 2.05) is 24.3 Å². The number of fused-ring (bicyclic) bond motifs is 2. The standard InChI is InChI=1S/C16H15NO4S/c1-9(18)21-14-8-16-12(7-13(14)20-3)17-11-5-4-10(19-2)6-15(11)22-16/h4-8,17H,1-3H3. The van der Waals surface area contributed by atoms with E-state index < -0.39 is 0 Å². The molecule has 0 saturated heterocycles. The van der Waals surface area contributed by atoms with Gasteiger partial charge in [-0.25, -0.2) is 0 Å². The highest BCUT2D eigenvalue weighted by atomic mass is 32.2. The fourth-order valence-electron chi connectivity index (χ4n) is 2.20. The monoisotopic (exact) mass is 317 g/mol. The normalized spacial score (nSPS) is 11.8. The molecular formula is C16H15NO4S. The number of esters is 1. The molecule has 6 heteroatoms. The van der Waals surface area contributed by atoms with E-state index >= 15 is 0 Å². The number of hydrogen-bond acceptors (Lipinski definition) is 6. The molecule has 2 aromatic rings. The molecule has 5 nitrogen and oxygen atoms in total. The first-order valence-corrected chi connectivity index (χ1v) is 7.45. The van der Waals surface area contributed by atoms with Gasteiger partial charge in [-0.1, -0.05) is 11.8 Å². The second-order valence-corrected chi connectivity index (χ2v) is 5.77. The highest BCUT2D eigenvalue weighted by Gasteiger charge is 2.20. The Balaban J connectivity index is 2.01. The third-order valence-corrected chi connectivity index (χ3v) is 4.31. The van der Waals surface area contributed by atoms with Gasteiger partial charge in [-0.05, 0) is 18.2 Å². The van der Waals surface area contributed by atoms with Gasteiger partial charge < -0.3 is 19.5 Å². The summed E-state index contributed by atoms with van der Waals surface area (Å²) in [6.07, 6.45) is 0.